The van der Waals surface area contributed by atoms with Gasteiger partial charge in [-0.05, 0) is 36.0 Å². The zero-order chi connectivity index (χ0) is 17.5. The highest BCUT2D eigenvalue weighted by molar-refractivity contribution is 9.10. The van der Waals surface area contributed by atoms with Crippen LogP contribution in [0.2, 0.25) is 0 Å². The van der Waals surface area contributed by atoms with Crippen molar-refractivity contribution < 1.29 is 19.8 Å². The third-order valence-corrected chi connectivity index (χ3v) is 4.49. The van der Waals surface area contributed by atoms with E-state index in [4.69, 9.17) is 5.11 Å². The Morgan fingerprint density at radius 1 is 0.958 bits per heavy atom. The molecular weight excluding hydrogens is 372 g/mol. The summed E-state index contributed by atoms with van der Waals surface area (Å²) in [6.07, 6.45) is 1.68. The van der Waals surface area contributed by atoms with Gasteiger partial charge in [0.25, 0.3) is 0 Å². The fourth-order valence-electron chi connectivity index (χ4n) is 2.61. The van der Waals surface area contributed by atoms with Crippen molar-refractivity contribution >= 4 is 27.9 Å². The summed E-state index contributed by atoms with van der Waals surface area (Å²) >= 11 is 3.46. The molecule has 0 aliphatic carbocycles. The van der Waals surface area contributed by atoms with E-state index < -0.39 is 17.9 Å². The number of aliphatic carboxylic acids is 2. The predicted molar refractivity (Wildman–Crippen MR) is 94.8 cm³/mol. The molecule has 0 aromatic heterocycles. The topological polar surface area (TPSA) is 74.6 Å². The van der Waals surface area contributed by atoms with E-state index in [1.807, 2.05) is 54.6 Å². The molecule has 0 fully saturated rings. The number of hydrogen-bond donors (Lipinski definition) is 2. The summed E-state index contributed by atoms with van der Waals surface area (Å²) in [6, 6.07) is 17.0. The normalized spacial score (nSPS) is 12.6. The molecule has 1 unspecified atom stereocenters. The van der Waals surface area contributed by atoms with Gasteiger partial charge in [0.05, 0.1) is 0 Å². The highest BCUT2D eigenvalue weighted by Crippen LogP contribution is 2.26. The molecule has 0 radical (unpaired) electrons. The van der Waals surface area contributed by atoms with Gasteiger partial charge >= 0.3 is 11.9 Å². The third kappa shape index (κ3) is 5.06. The summed E-state index contributed by atoms with van der Waals surface area (Å²) in [7, 11) is 0. The Hall–Kier alpha value is -2.40. The van der Waals surface area contributed by atoms with E-state index in [0.717, 1.165) is 21.7 Å². The van der Waals surface area contributed by atoms with Crippen LogP contribution in [0.15, 0.2) is 70.7 Å². The Bertz CT molecular complexity index is 753. The first-order chi connectivity index (χ1) is 11.5. The van der Waals surface area contributed by atoms with Crippen LogP contribution >= 0.6 is 15.9 Å². The number of rotatable bonds is 7. The third-order valence-electron chi connectivity index (χ3n) is 3.71. The number of carbonyl (C=O) groups is 2. The minimum Gasteiger partial charge on any atom is -0.478 e. The van der Waals surface area contributed by atoms with Crippen LogP contribution in [-0.4, -0.2) is 22.2 Å². The van der Waals surface area contributed by atoms with Crippen molar-refractivity contribution in [2.75, 3.05) is 0 Å². The van der Waals surface area contributed by atoms with Gasteiger partial charge in [-0.3, -0.25) is 0 Å². The van der Waals surface area contributed by atoms with E-state index in [2.05, 4.69) is 15.9 Å². The molecule has 124 valence electrons. The Morgan fingerprint density at radius 2 is 1.58 bits per heavy atom. The van der Waals surface area contributed by atoms with Gasteiger partial charge in [0.1, 0.15) is 0 Å². The Morgan fingerprint density at radius 3 is 2.17 bits per heavy atom. The Balaban J connectivity index is 2.38. The molecule has 5 heteroatoms. The number of carboxylic acid groups (broad SMARTS) is 2. The average molecular weight is 389 g/mol. The lowest BCUT2D eigenvalue weighted by molar-refractivity contribution is -0.135. The fourth-order valence-corrected chi connectivity index (χ4v) is 3.05. The van der Waals surface area contributed by atoms with Crippen molar-refractivity contribution in [3.8, 4) is 0 Å². The smallest absolute Gasteiger partial charge is 0.332 e. The molecule has 2 rings (SSSR count). The molecule has 2 aromatic rings. The number of hydrogen-bond acceptors (Lipinski definition) is 2. The van der Waals surface area contributed by atoms with Gasteiger partial charge in [-0.1, -0.05) is 64.5 Å². The first-order valence-electron chi connectivity index (χ1n) is 7.42. The van der Waals surface area contributed by atoms with E-state index in [9.17, 15) is 14.7 Å². The predicted octanol–water partition coefficient (Wildman–Crippen LogP) is 3.95. The van der Waals surface area contributed by atoms with Crippen LogP contribution < -0.4 is 0 Å². The lowest BCUT2D eigenvalue weighted by atomic mass is 9.86. The Kier molecular flexibility index (Phi) is 6.32. The number of halogens is 1. The van der Waals surface area contributed by atoms with Crippen LogP contribution in [-0.2, 0) is 22.4 Å². The molecule has 2 aromatic carbocycles. The molecule has 0 aliphatic rings. The van der Waals surface area contributed by atoms with Crippen molar-refractivity contribution in [3.63, 3.8) is 0 Å². The second kappa shape index (κ2) is 8.45. The largest absolute Gasteiger partial charge is 0.478 e. The van der Waals surface area contributed by atoms with Gasteiger partial charge in [0, 0.05) is 16.1 Å². The van der Waals surface area contributed by atoms with Crippen LogP contribution in [0.3, 0.4) is 0 Å². The monoisotopic (exact) mass is 388 g/mol. The molecular formula is C19H17BrO4. The first kappa shape index (κ1) is 17.9. The van der Waals surface area contributed by atoms with Crippen molar-refractivity contribution in [1.29, 1.82) is 0 Å². The highest BCUT2D eigenvalue weighted by atomic mass is 79.9. The van der Waals surface area contributed by atoms with Gasteiger partial charge in [-0.2, -0.15) is 0 Å². The van der Waals surface area contributed by atoms with Crippen molar-refractivity contribution in [2.45, 2.75) is 12.8 Å². The first-order valence-corrected chi connectivity index (χ1v) is 8.22. The summed E-state index contributed by atoms with van der Waals surface area (Å²) in [5, 5.41) is 18.5. The molecule has 0 bridgehead atoms. The van der Waals surface area contributed by atoms with E-state index in [-0.39, 0.29) is 5.57 Å². The molecule has 2 N–H and O–H groups in total. The number of benzene rings is 2. The molecule has 24 heavy (non-hydrogen) atoms. The molecule has 0 saturated heterocycles. The maximum absolute atomic E-state index is 11.6. The minimum absolute atomic E-state index is 0.0953. The van der Waals surface area contributed by atoms with Crippen LogP contribution in [0.25, 0.3) is 0 Å². The zero-order valence-corrected chi connectivity index (χ0v) is 14.4. The summed E-state index contributed by atoms with van der Waals surface area (Å²) < 4.78 is 0.878. The summed E-state index contributed by atoms with van der Waals surface area (Å²) in [4.78, 5) is 22.6. The van der Waals surface area contributed by atoms with Gasteiger partial charge < -0.3 is 10.2 Å². The van der Waals surface area contributed by atoms with Crippen LogP contribution in [0.1, 0.15) is 11.1 Å². The van der Waals surface area contributed by atoms with Gasteiger partial charge in [0.2, 0.25) is 0 Å². The molecule has 0 aliphatic heterocycles. The molecule has 1 atom stereocenters. The second-order valence-corrected chi connectivity index (χ2v) is 6.28. The van der Waals surface area contributed by atoms with Crippen molar-refractivity contribution in [1.82, 2.24) is 0 Å². The maximum Gasteiger partial charge on any atom is 0.332 e. The summed E-state index contributed by atoms with van der Waals surface area (Å²) in [5.74, 6) is -2.90. The van der Waals surface area contributed by atoms with E-state index in [1.165, 1.54) is 0 Å². The molecule has 0 spiro atoms. The minimum atomic E-state index is -1.25. The summed E-state index contributed by atoms with van der Waals surface area (Å²) in [5.41, 5.74) is 1.81. The molecule has 0 saturated carbocycles. The fraction of sp³-hybridized carbons (Fsp3) is 0.158. The molecule has 4 nitrogen and oxygen atoms in total. The average Bonchev–Trinajstić information content (AvgIpc) is 2.54. The zero-order valence-electron chi connectivity index (χ0n) is 12.9. The lowest BCUT2D eigenvalue weighted by Gasteiger charge is -2.19. The van der Waals surface area contributed by atoms with Crippen LogP contribution in [0, 0.1) is 5.92 Å². The van der Waals surface area contributed by atoms with E-state index in [0.29, 0.717) is 12.8 Å². The van der Waals surface area contributed by atoms with E-state index >= 15 is 0 Å². The molecule has 0 amide bonds. The Labute approximate surface area is 148 Å². The second-order valence-electron chi connectivity index (χ2n) is 5.43. The van der Waals surface area contributed by atoms with Crippen LogP contribution in [0.5, 0.6) is 0 Å². The quantitative estimate of drug-likeness (QED) is 0.704. The van der Waals surface area contributed by atoms with Gasteiger partial charge in [0.15, 0.2) is 0 Å². The molecule has 0 heterocycles. The van der Waals surface area contributed by atoms with Crippen molar-refractivity contribution in [2.24, 2.45) is 5.92 Å². The highest BCUT2D eigenvalue weighted by Gasteiger charge is 2.23. The lowest BCUT2D eigenvalue weighted by Crippen LogP contribution is -2.19. The maximum atomic E-state index is 11.6. The standard InChI is InChI=1S/C19H17BrO4/c20-17-9-5-4-8-14(17)11-15(10-13-6-2-1-3-7-13)16(19(23)24)12-18(21)22/h1-9,12,15H,10-11H2,(H,21,22)(H,23,24). The van der Waals surface area contributed by atoms with Crippen LogP contribution in [0.4, 0.5) is 0 Å². The summed E-state index contributed by atoms with van der Waals surface area (Å²) in [6.45, 7) is 0. The van der Waals surface area contributed by atoms with Crippen molar-refractivity contribution in [3.05, 3.63) is 81.8 Å². The number of carboxylic acids is 2. The van der Waals surface area contributed by atoms with Gasteiger partial charge in [-0.15, -0.1) is 0 Å². The SMILES string of the molecule is O=C(O)C=C(C(=O)O)C(Cc1ccccc1)Cc1ccccc1Br. The van der Waals surface area contributed by atoms with Gasteiger partial charge in [-0.25, -0.2) is 9.59 Å². The van der Waals surface area contributed by atoms with E-state index in [1.54, 1.807) is 0 Å².